The minimum absolute atomic E-state index is 0.970. The molecule has 40 heavy (non-hydrogen) atoms. The van der Waals surface area contributed by atoms with E-state index >= 15 is 0 Å². The highest BCUT2D eigenvalue weighted by Gasteiger charge is 2.75. The van der Waals surface area contributed by atoms with Crippen LogP contribution in [0.1, 0.15) is 38.5 Å². The van der Waals surface area contributed by atoms with E-state index < -0.39 is 106 Å². The lowest BCUT2D eigenvalue weighted by molar-refractivity contribution is -0.457. The molecular formula is C14H14F16O8S2. The SMILES string of the molecule is O=S(=O)(O)C(F)(F)C(F)(F)OC(F)(F)C(F)(F)CCCCCCC(F)(F)C(F)(F)OC(F)(F)C(F)(F)S(=O)(=O)O. The summed E-state index contributed by atoms with van der Waals surface area (Å²) in [6.45, 7) is 0. The maximum Gasteiger partial charge on any atom is 0.460 e. The number of unbranched alkanes of at least 4 members (excludes halogenated alkanes) is 3. The molecule has 0 aromatic heterocycles. The van der Waals surface area contributed by atoms with Crippen molar-refractivity contribution in [3.63, 3.8) is 0 Å². The molecule has 0 heterocycles. The summed E-state index contributed by atoms with van der Waals surface area (Å²) in [7, 11) is -14.4. The smallest absolute Gasteiger partial charge is 0.281 e. The molecule has 0 aromatic rings. The van der Waals surface area contributed by atoms with Gasteiger partial charge in [0, 0.05) is 12.8 Å². The molecule has 0 bridgehead atoms. The van der Waals surface area contributed by atoms with Gasteiger partial charge in [-0.25, -0.2) is 9.47 Å². The highest BCUT2D eigenvalue weighted by molar-refractivity contribution is 7.87. The van der Waals surface area contributed by atoms with E-state index in [1.54, 1.807) is 0 Å². The predicted octanol–water partition coefficient (Wildman–Crippen LogP) is 5.96. The quantitative estimate of drug-likeness (QED) is 0.110. The normalized spacial score (nSPS) is 15.9. The van der Waals surface area contributed by atoms with E-state index in [1.807, 2.05) is 9.47 Å². The average Bonchev–Trinajstić information content (AvgIpc) is 2.66. The molecule has 26 heteroatoms. The van der Waals surface area contributed by atoms with Gasteiger partial charge >= 0.3 is 67.0 Å². The Balaban J connectivity index is 5.14. The van der Waals surface area contributed by atoms with Crippen molar-refractivity contribution in [3.05, 3.63) is 0 Å². The molecule has 0 aliphatic rings. The number of ether oxygens (including phenoxy) is 2. The third-order valence-corrected chi connectivity index (χ3v) is 6.19. The number of hydrogen-bond donors (Lipinski definition) is 2. The van der Waals surface area contributed by atoms with E-state index in [-0.39, 0.29) is 0 Å². The first-order valence-electron chi connectivity index (χ1n) is 9.49. The first-order chi connectivity index (χ1) is 17.1. The maximum atomic E-state index is 13.5. The van der Waals surface area contributed by atoms with Crippen LogP contribution in [0.15, 0.2) is 0 Å². The van der Waals surface area contributed by atoms with Gasteiger partial charge < -0.3 is 0 Å². The summed E-state index contributed by atoms with van der Waals surface area (Å²) in [5.41, 5.74) is 0. The molecule has 0 rings (SSSR count). The van der Waals surface area contributed by atoms with Crippen molar-refractivity contribution < 1.29 is 106 Å². The zero-order chi connectivity index (χ0) is 32.7. The van der Waals surface area contributed by atoms with Crippen LogP contribution in [-0.2, 0) is 29.7 Å². The van der Waals surface area contributed by atoms with Gasteiger partial charge in [0.25, 0.3) is 0 Å². The van der Waals surface area contributed by atoms with Gasteiger partial charge in [-0.1, -0.05) is 12.8 Å². The molecule has 2 N–H and O–H groups in total. The van der Waals surface area contributed by atoms with E-state index in [9.17, 15) is 87.1 Å². The van der Waals surface area contributed by atoms with E-state index in [4.69, 9.17) is 9.11 Å². The molecule has 0 unspecified atom stereocenters. The van der Waals surface area contributed by atoms with E-state index in [2.05, 4.69) is 0 Å². The lowest BCUT2D eigenvalue weighted by Crippen LogP contribution is -2.55. The van der Waals surface area contributed by atoms with Crippen molar-refractivity contribution in [3.8, 4) is 0 Å². The Labute approximate surface area is 212 Å². The molecule has 0 atom stereocenters. The van der Waals surface area contributed by atoms with Crippen LogP contribution in [0.25, 0.3) is 0 Å². The second-order valence-electron chi connectivity index (χ2n) is 7.58. The first kappa shape index (κ1) is 38.6. The van der Waals surface area contributed by atoms with Crippen LogP contribution >= 0.6 is 0 Å². The second-order valence-corrected chi connectivity index (χ2v) is 10.5. The van der Waals surface area contributed by atoms with Gasteiger partial charge in [-0.2, -0.15) is 87.1 Å². The van der Waals surface area contributed by atoms with E-state index in [0.29, 0.717) is 0 Å². The van der Waals surface area contributed by atoms with Crippen molar-refractivity contribution in [2.75, 3.05) is 0 Å². The van der Waals surface area contributed by atoms with Gasteiger partial charge in [0.05, 0.1) is 0 Å². The average molecular weight is 678 g/mol. The molecule has 0 aliphatic carbocycles. The molecule has 0 saturated heterocycles. The molecule has 0 saturated carbocycles. The molecule has 242 valence electrons. The molecule has 0 spiro atoms. The maximum absolute atomic E-state index is 13.5. The Bertz CT molecular complexity index is 1000. The minimum atomic E-state index is -7.18. The van der Waals surface area contributed by atoms with Crippen LogP contribution in [0, 0.1) is 0 Å². The van der Waals surface area contributed by atoms with Crippen LogP contribution < -0.4 is 0 Å². The summed E-state index contributed by atoms with van der Waals surface area (Å²) < 4.78 is 272. The first-order valence-corrected chi connectivity index (χ1v) is 12.4. The van der Waals surface area contributed by atoms with E-state index in [0.717, 1.165) is 0 Å². The largest absolute Gasteiger partial charge is 0.460 e. The van der Waals surface area contributed by atoms with Crippen LogP contribution in [-0.4, -0.2) is 72.7 Å². The molecular weight excluding hydrogens is 664 g/mol. The van der Waals surface area contributed by atoms with Crippen molar-refractivity contribution in [2.24, 2.45) is 0 Å². The van der Waals surface area contributed by atoms with Gasteiger partial charge in [0.15, 0.2) is 0 Å². The van der Waals surface area contributed by atoms with Gasteiger partial charge in [-0.05, 0) is 12.8 Å². The topological polar surface area (TPSA) is 127 Å². The fourth-order valence-electron chi connectivity index (χ4n) is 2.23. The number of rotatable bonds is 17. The third kappa shape index (κ3) is 8.13. The van der Waals surface area contributed by atoms with Crippen LogP contribution in [0.3, 0.4) is 0 Å². The lowest BCUT2D eigenvalue weighted by atomic mass is 10.0. The Morgan fingerprint density at radius 1 is 0.425 bits per heavy atom. The van der Waals surface area contributed by atoms with Gasteiger partial charge in [-0.3, -0.25) is 9.11 Å². The fourth-order valence-corrected chi connectivity index (χ4v) is 2.91. The highest BCUT2D eigenvalue weighted by atomic mass is 32.2. The van der Waals surface area contributed by atoms with Crippen molar-refractivity contribution in [2.45, 2.75) is 85.3 Å². The Morgan fingerprint density at radius 3 is 0.850 bits per heavy atom. The standard InChI is InChI=1S/C14H14F16O8S2/c15-7(16,9(19,20)37-11(23,24)13(27,28)39(31,32)33)5-3-1-2-4-6-8(17,18)10(21,22)38-12(25,26)14(29,30)40(34,35)36/h1-6H2,(H,31,32,33)(H,34,35,36). The Hall–Kier alpha value is -1.38. The lowest BCUT2D eigenvalue weighted by Gasteiger charge is -2.32. The summed E-state index contributed by atoms with van der Waals surface area (Å²) in [6.07, 6.45) is -36.2. The number of hydrogen-bond acceptors (Lipinski definition) is 6. The van der Waals surface area contributed by atoms with Crippen LogP contribution in [0.4, 0.5) is 70.2 Å². The molecule has 0 amide bonds. The monoisotopic (exact) mass is 678 g/mol. The van der Waals surface area contributed by atoms with E-state index in [1.165, 1.54) is 0 Å². The summed E-state index contributed by atoms with van der Waals surface area (Å²) in [5, 5.41) is -13.7. The number of halogens is 16. The van der Waals surface area contributed by atoms with Gasteiger partial charge in [0.1, 0.15) is 0 Å². The zero-order valence-electron chi connectivity index (χ0n) is 18.5. The number of alkyl halides is 16. The van der Waals surface area contributed by atoms with Gasteiger partial charge in [0.2, 0.25) is 0 Å². The molecule has 0 aliphatic heterocycles. The zero-order valence-corrected chi connectivity index (χ0v) is 20.1. The van der Waals surface area contributed by atoms with Crippen LogP contribution in [0.5, 0.6) is 0 Å². The second kappa shape index (κ2) is 11.4. The Morgan fingerprint density at radius 2 is 0.650 bits per heavy atom. The molecule has 8 nitrogen and oxygen atoms in total. The fraction of sp³-hybridized carbons (Fsp3) is 1.00. The molecule has 0 radical (unpaired) electrons. The minimum Gasteiger partial charge on any atom is -0.281 e. The highest BCUT2D eigenvalue weighted by Crippen LogP contribution is 2.49. The summed E-state index contributed by atoms with van der Waals surface area (Å²) in [6, 6.07) is 0. The van der Waals surface area contributed by atoms with Crippen LogP contribution in [0.2, 0.25) is 0 Å². The van der Waals surface area contributed by atoms with Crippen molar-refractivity contribution in [1.82, 2.24) is 0 Å². The molecule has 0 fully saturated rings. The predicted molar refractivity (Wildman–Crippen MR) is 92.5 cm³/mol. The summed E-state index contributed by atoms with van der Waals surface area (Å²) in [5.74, 6) is -11.6. The summed E-state index contributed by atoms with van der Waals surface area (Å²) >= 11 is 0. The third-order valence-electron chi connectivity index (χ3n) is 4.42. The molecule has 0 aromatic carbocycles. The van der Waals surface area contributed by atoms with Gasteiger partial charge in [-0.15, -0.1) is 0 Å². The Kier molecular flexibility index (Phi) is 11.0. The van der Waals surface area contributed by atoms with Crippen molar-refractivity contribution in [1.29, 1.82) is 0 Å². The van der Waals surface area contributed by atoms with Crippen molar-refractivity contribution >= 4 is 20.2 Å². The summed E-state index contributed by atoms with van der Waals surface area (Å²) in [4.78, 5) is 0.